The highest BCUT2D eigenvalue weighted by molar-refractivity contribution is 6.01. The van der Waals surface area contributed by atoms with Crippen LogP contribution in [-0.4, -0.2) is 36.6 Å². The molecule has 0 radical (unpaired) electrons. The second-order valence-corrected chi connectivity index (χ2v) is 7.60. The smallest absolute Gasteiger partial charge is 0.319 e. The number of hydrogen-bond donors (Lipinski definition) is 2. The molecule has 1 aromatic carbocycles. The molecule has 3 rings (SSSR count). The fraction of sp³-hybridized carbons (Fsp3) is 0.391. The maximum atomic E-state index is 14.7. The predicted molar refractivity (Wildman–Crippen MR) is 118 cm³/mol. The molecule has 160 valence electrons. The van der Waals surface area contributed by atoms with Crippen LogP contribution in [0.15, 0.2) is 47.6 Å². The topological polar surface area (TPSA) is 57.3 Å². The van der Waals surface area contributed by atoms with Crippen molar-refractivity contribution in [3.05, 3.63) is 53.1 Å². The lowest BCUT2D eigenvalue weighted by molar-refractivity contribution is 0.0393. The van der Waals surface area contributed by atoms with Gasteiger partial charge in [0.05, 0.1) is 11.2 Å². The number of halogens is 2. The van der Waals surface area contributed by atoms with E-state index in [1.807, 2.05) is 36.9 Å². The Morgan fingerprint density at radius 3 is 2.77 bits per heavy atom. The quantitative estimate of drug-likeness (QED) is 0.702. The van der Waals surface area contributed by atoms with Gasteiger partial charge in [0.15, 0.2) is 0 Å². The number of rotatable bonds is 4. The van der Waals surface area contributed by atoms with Crippen LogP contribution in [0.25, 0.3) is 10.9 Å². The minimum absolute atomic E-state index is 0.0737. The number of nitrogens with zero attached hydrogens (tertiary/aromatic N) is 2. The fourth-order valence-corrected chi connectivity index (χ4v) is 3.72. The molecule has 0 bridgehead atoms. The van der Waals surface area contributed by atoms with E-state index < -0.39 is 5.92 Å². The number of nitrogens with one attached hydrogen (secondary N) is 2. The van der Waals surface area contributed by atoms with Gasteiger partial charge in [0.25, 0.3) is 5.92 Å². The summed E-state index contributed by atoms with van der Waals surface area (Å²) in [6.45, 7) is 8.30. The summed E-state index contributed by atoms with van der Waals surface area (Å²) in [6, 6.07) is 7.24. The number of aromatic nitrogens is 1. The van der Waals surface area contributed by atoms with Gasteiger partial charge in [0.1, 0.15) is 5.82 Å². The predicted octanol–water partition coefficient (Wildman–Crippen LogP) is 5.42. The maximum Gasteiger partial charge on any atom is 0.319 e. The fourth-order valence-electron chi connectivity index (χ4n) is 3.72. The van der Waals surface area contributed by atoms with Gasteiger partial charge in [0.2, 0.25) is 0 Å². The first-order chi connectivity index (χ1) is 14.2. The van der Waals surface area contributed by atoms with E-state index in [4.69, 9.17) is 4.98 Å². The molecule has 0 aliphatic carbocycles. The van der Waals surface area contributed by atoms with E-state index in [0.717, 1.165) is 10.9 Å². The number of carbonyl (C=O) groups is 1. The molecule has 30 heavy (non-hydrogen) atoms. The van der Waals surface area contributed by atoms with Gasteiger partial charge in [-0.3, -0.25) is 0 Å². The molecule has 0 unspecified atom stereocenters. The summed E-state index contributed by atoms with van der Waals surface area (Å²) in [4.78, 5) is 18.7. The third kappa shape index (κ3) is 4.61. The van der Waals surface area contributed by atoms with Gasteiger partial charge < -0.3 is 15.5 Å². The Morgan fingerprint density at radius 1 is 1.30 bits per heavy atom. The molecule has 1 aliphatic heterocycles. The van der Waals surface area contributed by atoms with E-state index in [2.05, 4.69) is 10.6 Å². The molecule has 0 atom stereocenters. The summed E-state index contributed by atoms with van der Waals surface area (Å²) in [5.74, 6) is -2.32. The van der Waals surface area contributed by atoms with Gasteiger partial charge in [-0.15, -0.1) is 0 Å². The van der Waals surface area contributed by atoms with Crippen LogP contribution in [0, 0.1) is 6.92 Å². The molecule has 0 spiro atoms. The average Bonchev–Trinajstić information content (AvgIpc) is 2.79. The van der Waals surface area contributed by atoms with E-state index in [1.165, 1.54) is 6.08 Å². The highest BCUT2D eigenvalue weighted by Crippen LogP contribution is 2.36. The van der Waals surface area contributed by atoms with E-state index >= 15 is 0 Å². The highest BCUT2D eigenvalue weighted by atomic mass is 19.3. The van der Waals surface area contributed by atoms with Gasteiger partial charge in [-0.05, 0) is 45.4 Å². The van der Waals surface area contributed by atoms with Crippen molar-refractivity contribution < 1.29 is 13.6 Å². The Labute approximate surface area is 175 Å². The molecule has 7 heteroatoms. The van der Waals surface area contributed by atoms with Crippen molar-refractivity contribution >= 4 is 28.4 Å². The summed E-state index contributed by atoms with van der Waals surface area (Å²) in [5, 5.41) is 6.41. The van der Waals surface area contributed by atoms with E-state index in [1.54, 1.807) is 26.0 Å². The van der Waals surface area contributed by atoms with Gasteiger partial charge in [0, 0.05) is 43.1 Å². The highest BCUT2D eigenvalue weighted by Gasteiger charge is 2.37. The first kappa shape index (κ1) is 21.7. The van der Waals surface area contributed by atoms with Crippen molar-refractivity contribution in [2.45, 2.75) is 40.0 Å². The lowest BCUT2D eigenvalue weighted by Gasteiger charge is -2.24. The molecular formula is C23H28F2N4O. The number of allylic oxidation sites excluding steroid dienone is 3. The number of alkyl halides is 2. The van der Waals surface area contributed by atoms with Crippen molar-refractivity contribution in [1.82, 2.24) is 10.3 Å². The second-order valence-electron chi connectivity index (χ2n) is 7.60. The monoisotopic (exact) mass is 414 g/mol. The van der Waals surface area contributed by atoms with E-state index in [-0.39, 0.29) is 24.6 Å². The van der Waals surface area contributed by atoms with Crippen LogP contribution < -0.4 is 15.5 Å². The zero-order valence-corrected chi connectivity index (χ0v) is 17.9. The van der Waals surface area contributed by atoms with Crippen molar-refractivity contribution in [3.63, 3.8) is 0 Å². The van der Waals surface area contributed by atoms with Gasteiger partial charge in [-0.25, -0.2) is 18.6 Å². The van der Waals surface area contributed by atoms with Crippen LogP contribution in [-0.2, 0) is 0 Å². The van der Waals surface area contributed by atoms with Crippen LogP contribution >= 0.6 is 0 Å². The van der Waals surface area contributed by atoms with Crippen molar-refractivity contribution in [2.24, 2.45) is 0 Å². The normalized spacial score (nSPS) is 16.8. The molecule has 0 saturated carbocycles. The second kappa shape index (κ2) is 8.81. The first-order valence-corrected chi connectivity index (χ1v) is 10.2. The molecule has 2 N–H and O–H groups in total. The molecule has 0 fully saturated rings. The van der Waals surface area contributed by atoms with Gasteiger partial charge in [-0.2, -0.15) is 0 Å². The number of aryl methyl sites for hydroxylation is 1. The number of benzene rings is 1. The standard InChI is InChI=1S/C23H28F2N4O/c1-5-7-18-16(4)14-29(11-10-23(18,24)25)21-13-20(28-22(30)26-6-2)17-12-15(3)8-9-19(17)27-21/h5,7-9,12-13H,6,10-11,14H2,1-4H3,(H2,26,27,28,30)/b7-5-. The van der Waals surface area contributed by atoms with Crippen LogP contribution in [0.3, 0.4) is 0 Å². The molecule has 5 nitrogen and oxygen atoms in total. The van der Waals surface area contributed by atoms with Crippen molar-refractivity contribution in [1.29, 1.82) is 0 Å². The Hall–Kier alpha value is -2.96. The molecular weight excluding hydrogens is 386 g/mol. The summed E-state index contributed by atoms with van der Waals surface area (Å²) in [5.41, 5.74) is 3.04. The number of urea groups is 1. The van der Waals surface area contributed by atoms with Crippen LogP contribution in [0.5, 0.6) is 0 Å². The summed E-state index contributed by atoms with van der Waals surface area (Å²) in [6.07, 6.45) is 2.85. The first-order valence-electron chi connectivity index (χ1n) is 10.2. The minimum atomic E-state index is -2.89. The van der Waals surface area contributed by atoms with Crippen molar-refractivity contribution in [2.75, 3.05) is 29.9 Å². The molecule has 2 aromatic rings. The maximum absolute atomic E-state index is 14.7. The number of amides is 2. The summed E-state index contributed by atoms with van der Waals surface area (Å²) >= 11 is 0. The van der Waals surface area contributed by atoms with Gasteiger partial charge in [-0.1, -0.05) is 23.8 Å². The van der Waals surface area contributed by atoms with Crippen LogP contribution in [0.2, 0.25) is 0 Å². The zero-order valence-electron chi connectivity index (χ0n) is 17.9. The van der Waals surface area contributed by atoms with Crippen LogP contribution in [0.4, 0.5) is 25.1 Å². The Morgan fingerprint density at radius 2 is 2.07 bits per heavy atom. The van der Waals surface area contributed by atoms with Crippen LogP contribution in [0.1, 0.15) is 32.8 Å². The molecule has 1 aliphatic rings. The number of hydrogen-bond acceptors (Lipinski definition) is 3. The number of carbonyl (C=O) groups excluding carboxylic acids is 1. The lowest BCUT2D eigenvalue weighted by atomic mass is 10.0. The molecule has 1 aromatic heterocycles. The Kier molecular flexibility index (Phi) is 6.39. The number of pyridine rings is 1. The van der Waals surface area contributed by atoms with E-state index in [9.17, 15) is 13.6 Å². The number of fused-ring (bicyclic) bond motifs is 1. The third-order valence-electron chi connectivity index (χ3n) is 5.17. The number of anilines is 2. The van der Waals surface area contributed by atoms with Crippen molar-refractivity contribution in [3.8, 4) is 0 Å². The lowest BCUT2D eigenvalue weighted by Crippen LogP contribution is -2.30. The Balaban J connectivity index is 2.05. The van der Waals surface area contributed by atoms with Gasteiger partial charge >= 0.3 is 6.03 Å². The average molecular weight is 415 g/mol. The van der Waals surface area contributed by atoms with E-state index in [0.29, 0.717) is 35.7 Å². The Bertz CT molecular complexity index is 1010. The largest absolute Gasteiger partial charge is 0.352 e. The summed E-state index contributed by atoms with van der Waals surface area (Å²) < 4.78 is 29.3. The summed E-state index contributed by atoms with van der Waals surface area (Å²) in [7, 11) is 0. The zero-order chi connectivity index (χ0) is 21.9. The molecule has 0 saturated heterocycles. The SMILES string of the molecule is C/C=C\C1=C(C)CN(c2cc(NC(=O)NCC)c3cc(C)ccc3n2)CCC1(F)F. The molecule has 2 heterocycles. The minimum Gasteiger partial charge on any atom is -0.352 e. The molecule has 2 amide bonds. The third-order valence-corrected chi connectivity index (χ3v) is 5.17.